The van der Waals surface area contributed by atoms with E-state index in [9.17, 15) is 0 Å². The van der Waals surface area contributed by atoms with Gasteiger partial charge in [0.05, 0.1) is 0 Å². The molecule has 0 saturated carbocycles. The fourth-order valence-electron chi connectivity index (χ4n) is 1.84. The minimum absolute atomic E-state index is 0.376. The summed E-state index contributed by atoms with van der Waals surface area (Å²) in [5, 5.41) is 3.33. The Balaban J connectivity index is 1.96. The Kier molecular flexibility index (Phi) is 5.28. The first kappa shape index (κ1) is 15.4. The maximum absolute atomic E-state index is 5.65. The standard InChI is InChI=1S/C17H23N3O/c1-12(2)15-5-7-16(8-6-15)21-17-19-10-14(11-20-17)9-18-13(3)4/h5-8,10-13,18H,9H2,1-4H3. The van der Waals surface area contributed by atoms with Gasteiger partial charge >= 0.3 is 6.01 Å². The van der Waals surface area contributed by atoms with Gasteiger partial charge in [0, 0.05) is 30.5 Å². The van der Waals surface area contributed by atoms with E-state index >= 15 is 0 Å². The third-order valence-corrected chi connectivity index (χ3v) is 3.15. The summed E-state index contributed by atoms with van der Waals surface area (Å²) in [6.07, 6.45) is 3.58. The molecule has 0 aliphatic carbocycles. The van der Waals surface area contributed by atoms with Crippen molar-refractivity contribution in [2.75, 3.05) is 0 Å². The van der Waals surface area contributed by atoms with Crippen LogP contribution in [0.2, 0.25) is 0 Å². The molecule has 2 rings (SSSR count). The third-order valence-electron chi connectivity index (χ3n) is 3.15. The summed E-state index contributed by atoms with van der Waals surface area (Å²) >= 11 is 0. The molecule has 0 amide bonds. The number of aromatic nitrogens is 2. The minimum atomic E-state index is 0.376. The van der Waals surface area contributed by atoms with Crippen LogP contribution in [0.3, 0.4) is 0 Å². The quantitative estimate of drug-likeness (QED) is 0.874. The highest BCUT2D eigenvalue weighted by atomic mass is 16.5. The third kappa shape index (κ3) is 4.83. The van der Waals surface area contributed by atoms with Gasteiger partial charge in [0.1, 0.15) is 5.75 Å². The van der Waals surface area contributed by atoms with Crippen molar-refractivity contribution in [1.82, 2.24) is 15.3 Å². The Hall–Kier alpha value is -1.94. The molecule has 2 aromatic rings. The zero-order valence-corrected chi connectivity index (χ0v) is 13.1. The van der Waals surface area contributed by atoms with Crippen molar-refractivity contribution in [2.24, 2.45) is 0 Å². The van der Waals surface area contributed by atoms with E-state index in [1.54, 1.807) is 12.4 Å². The molecule has 1 heterocycles. The lowest BCUT2D eigenvalue weighted by Gasteiger charge is -2.09. The molecule has 4 nitrogen and oxygen atoms in total. The Morgan fingerprint density at radius 1 is 1.00 bits per heavy atom. The van der Waals surface area contributed by atoms with Crippen molar-refractivity contribution >= 4 is 0 Å². The molecule has 0 aliphatic heterocycles. The van der Waals surface area contributed by atoms with Crippen LogP contribution in [0, 0.1) is 0 Å². The van der Waals surface area contributed by atoms with Crippen molar-refractivity contribution in [2.45, 2.75) is 46.2 Å². The highest BCUT2D eigenvalue weighted by molar-refractivity contribution is 5.30. The summed E-state index contributed by atoms with van der Waals surface area (Å²) in [5.41, 5.74) is 2.34. The zero-order chi connectivity index (χ0) is 15.2. The van der Waals surface area contributed by atoms with Crippen LogP contribution in [0.4, 0.5) is 0 Å². The largest absolute Gasteiger partial charge is 0.424 e. The highest BCUT2D eigenvalue weighted by Crippen LogP contribution is 2.21. The SMILES string of the molecule is CC(C)NCc1cnc(Oc2ccc(C(C)C)cc2)nc1. The molecule has 0 saturated heterocycles. The molecule has 0 bridgehead atoms. The Bertz CT molecular complexity index is 547. The Morgan fingerprint density at radius 3 is 2.14 bits per heavy atom. The van der Waals surface area contributed by atoms with Crippen molar-refractivity contribution < 1.29 is 4.74 Å². The number of benzene rings is 1. The van der Waals surface area contributed by atoms with Gasteiger partial charge in [0.25, 0.3) is 0 Å². The highest BCUT2D eigenvalue weighted by Gasteiger charge is 2.03. The van der Waals surface area contributed by atoms with Crippen molar-refractivity contribution in [1.29, 1.82) is 0 Å². The van der Waals surface area contributed by atoms with Crippen LogP contribution in [-0.4, -0.2) is 16.0 Å². The summed E-state index contributed by atoms with van der Waals surface area (Å²) in [7, 11) is 0. The fourth-order valence-corrected chi connectivity index (χ4v) is 1.84. The van der Waals surface area contributed by atoms with E-state index in [1.807, 2.05) is 12.1 Å². The molecule has 21 heavy (non-hydrogen) atoms. The second-order valence-corrected chi connectivity index (χ2v) is 5.74. The molecule has 0 atom stereocenters. The smallest absolute Gasteiger partial charge is 0.321 e. The maximum Gasteiger partial charge on any atom is 0.321 e. The predicted octanol–water partition coefficient (Wildman–Crippen LogP) is 3.89. The zero-order valence-electron chi connectivity index (χ0n) is 13.1. The molecule has 0 unspecified atom stereocenters. The van der Waals surface area contributed by atoms with Gasteiger partial charge < -0.3 is 10.1 Å². The molecule has 1 N–H and O–H groups in total. The number of nitrogens with one attached hydrogen (secondary N) is 1. The van der Waals surface area contributed by atoms with Crippen molar-refractivity contribution in [3.63, 3.8) is 0 Å². The van der Waals surface area contributed by atoms with E-state index < -0.39 is 0 Å². The lowest BCUT2D eigenvalue weighted by Crippen LogP contribution is -2.21. The summed E-state index contributed by atoms with van der Waals surface area (Å²) in [5.74, 6) is 1.27. The molecular formula is C17H23N3O. The molecule has 0 spiro atoms. The Morgan fingerprint density at radius 2 is 1.62 bits per heavy atom. The van der Waals surface area contributed by atoms with E-state index in [0.29, 0.717) is 18.0 Å². The van der Waals surface area contributed by atoms with Crippen LogP contribution >= 0.6 is 0 Å². The van der Waals surface area contributed by atoms with E-state index in [-0.39, 0.29) is 0 Å². The van der Waals surface area contributed by atoms with Crippen LogP contribution in [-0.2, 0) is 6.54 Å². The lowest BCUT2D eigenvalue weighted by molar-refractivity contribution is 0.440. The molecule has 1 aromatic carbocycles. The molecule has 112 valence electrons. The van der Waals surface area contributed by atoms with Gasteiger partial charge in [-0.2, -0.15) is 0 Å². The van der Waals surface area contributed by atoms with Crippen molar-refractivity contribution in [3.05, 3.63) is 47.8 Å². The first-order valence-corrected chi connectivity index (χ1v) is 7.36. The van der Waals surface area contributed by atoms with Crippen LogP contribution in [0.1, 0.15) is 44.7 Å². The topological polar surface area (TPSA) is 47.0 Å². The van der Waals surface area contributed by atoms with Crippen LogP contribution in [0.5, 0.6) is 11.8 Å². The molecule has 1 aromatic heterocycles. The first-order chi connectivity index (χ1) is 10.0. The summed E-state index contributed by atoms with van der Waals surface area (Å²) < 4.78 is 5.65. The van der Waals surface area contributed by atoms with Crippen molar-refractivity contribution in [3.8, 4) is 11.8 Å². The molecule has 4 heteroatoms. The average Bonchev–Trinajstić information content (AvgIpc) is 2.47. The summed E-state index contributed by atoms with van der Waals surface area (Å²) in [4.78, 5) is 8.47. The molecule has 0 radical (unpaired) electrons. The number of hydrogen-bond acceptors (Lipinski definition) is 4. The fraction of sp³-hybridized carbons (Fsp3) is 0.412. The van der Waals surface area contributed by atoms with Gasteiger partial charge in [-0.1, -0.05) is 39.8 Å². The van der Waals surface area contributed by atoms with Crippen LogP contribution in [0.25, 0.3) is 0 Å². The van der Waals surface area contributed by atoms with Crippen LogP contribution in [0.15, 0.2) is 36.7 Å². The van der Waals surface area contributed by atoms with Gasteiger partial charge in [-0.25, -0.2) is 9.97 Å². The van der Waals surface area contributed by atoms with Gasteiger partial charge in [-0.15, -0.1) is 0 Å². The monoisotopic (exact) mass is 285 g/mol. The van der Waals surface area contributed by atoms with E-state index in [2.05, 4.69) is 55.1 Å². The second kappa shape index (κ2) is 7.18. The molecular weight excluding hydrogens is 262 g/mol. The van der Waals surface area contributed by atoms with Gasteiger partial charge in [0.2, 0.25) is 0 Å². The first-order valence-electron chi connectivity index (χ1n) is 7.36. The van der Waals surface area contributed by atoms with Gasteiger partial charge in [0.15, 0.2) is 0 Å². The normalized spacial score (nSPS) is 11.1. The van der Waals surface area contributed by atoms with Gasteiger partial charge in [-0.3, -0.25) is 0 Å². The minimum Gasteiger partial charge on any atom is -0.424 e. The maximum atomic E-state index is 5.65. The van der Waals surface area contributed by atoms with E-state index in [1.165, 1.54) is 5.56 Å². The number of nitrogens with zero attached hydrogens (tertiary/aromatic N) is 2. The number of rotatable bonds is 6. The number of ether oxygens (including phenoxy) is 1. The summed E-state index contributed by atoms with van der Waals surface area (Å²) in [6.45, 7) is 9.32. The predicted molar refractivity (Wildman–Crippen MR) is 84.6 cm³/mol. The molecule has 0 aliphatic rings. The second-order valence-electron chi connectivity index (χ2n) is 5.74. The van der Waals surface area contributed by atoms with E-state index in [0.717, 1.165) is 17.9 Å². The lowest BCUT2D eigenvalue weighted by atomic mass is 10.0. The molecule has 0 fully saturated rings. The number of hydrogen-bond donors (Lipinski definition) is 1. The summed E-state index contributed by atoms with van der Waals surface area (Å²) in [6, 6.07) is 8.86. The average molecular weight is 285 g/mol. The Labute approximate surface area is 126 Å². The van der Waals surface area contributed by atoms with E-state index in [4.69, 9.17) is 4.74 Å². The van der Waals surface area contributed by atoms with Gasteiger partial charge in [-0.05, 0) is 23.6 Å². The van der Waals surface area contributed by atoms with Crippen LogP contribution < -0.4 is 10.1 Å².